The van der Waals surface area contributed by atoms with Crippen LogP contribution in [0.2, 0.25) is 0 Å². The smallest absolute Gasteiger partial charge is 0.0201 e. The van der Waals surface area contributed by atoms with Crippen molar-refractivity contribution in [3.63, 3.8) is 0 Å². The summed E-state index contributed by atoms with van der Waals surface area (Å²) in [5, 5.41) is 0. The van der Waals surface area contributed by atoms with Gasteiger partial charge in [0, 0.05) is 13.1 Å². The standard InChI is InChI=1S/C15H29N/c1-8-15(5,6)14-10-16(7)9-13(14)12(4)11(2)3/h11-12H,8-10H2,1-7H3. The van der Waals surface area contributed by atoms with Gasteiger partial charge in [0.05, 0.1) is 0 Å². The summed E-state index contributed by atoms with van der Waals surface area (Å²) in [6.45, 7) is 16.5. The lowest BCUT2D eigenvalue weighted by Crippen LogP contribution is -2.20. The zero-order valence-corrected chi connectivity index (χ0v) is 12.2. The second-order valence-corrected chi connectivity index (χ2v) is 6.45. The van der Waals surface area contributed by atoms with Crippen molar-refractivity contribution in [1.82, 2.24) is 4.90 Å². The zero-order chi connectivity index (χ0) is 12.5. The predicted octanol–water partition coefficient (Wildman–Crippen LogP) is 3.96. The molecular formula is C15H29N. The van der Waals surface area contributed by atoms with Crippen LogP contribution in [0.5, 0.6) is 0 Å². The van der Waals surface area contributed by atoms with Crippen LogP contribution in [-0.4, -0.2) is 25.0 Å². The minimum absolute atomic E-state index is 0.378. The minimum atomic E-state index is 0.378. The summed E-state index contributed by atoms with van der Waals surface area (Å²) in [7, 11) is 2.24. The fraction of sp³-hybridized carbons (Fsp3) is 0.867. The van der Waals surface area contributed by atoms with Crippen molar-refractivity contribution in [2.75, 3.05) is 20.1 Å². The first-order valence-electron chi connectivity index (χ1n) is 6.70. The van der Waals surface area contributed by atoms with Gasteiger partial charge in [-0.2, -0.15) is 0 Å². The summed E-state index contributed by atoms with van der Waals surface area (Å²) < 4.78 is 0. The van der Waals surface area contributed by atoms with Gasteiger partial charge in [0.15, 0.2) is 0 Å². The highest BCUT2D eigenvalue weighted by atomic mass is 15.1. The molecule has 1 aliphatic heterocycles. The lowest BCUT2D eigenvalue weighted by atomic mass is 9.76. The highest BCUT2D eigenvalue weighted by Gasteiger charge is 2.32. The third-order valence-corrected chi connectivity index (χ3v) is 4.51. The molecule has 1 nitrogen and oxygen atoms in total. The monoisotopic (exact) mass is 223 g/mol. The van der Waals surface area contributed by atoms with Crippen LogP contribution in [0.3, 0.4) is 0 Å². The summed E-state index contributed by atoms with van der Waals surface area (Å²) >= 11 is 0. The maximum absolute atomic E-state index is 2.46. The molecule has 0 saturated heterocycles. The van der Waals surface area contributed by atoms with E-state index in [0.717, 1.165) is 11.8 Å². The molecule has 0 spiro atoms. The van der Waals surface area contributed by atoms with Crippen LogP contribution in [0.1, 0.15) is 48.0 Å². The van der Waals surface area contributed by atoms with E-state index in [0.29, 0.717) is 5.41 Å². The molecule has 1 rings (SSSR count). The largest absolute Gasteiger partial charge is 0.298 e. The van der Waals surface area contributed by atoms with Crippen LogP contribution in [0.15, 0.2) is 11.1 Å². The number of likely N-dealkylation sites (N-methyl/N-ethyl adjacent to an activating group) is 1. The number of rotatable bonds is 4. The van der Waals surface area contributed by atoms with E-state index < -0.39 is 0 Å². The van der Waals surface area contributed by atoms with Crippen molar-refractivity contribution >= 4 is 0 Å². The van der Waals surface area contributed by atoms with E-state index in [2.05, 4.69) is 53.5 Å². The van der Waals surface area contributed by atoms with Gasteiger partial charge in [-0.1, -0.05) is 47.1 Å². The molecule has 0 aromatic rings. The van der Waals surface area contributed by atoms with Crippen LogP contribution in [0.25, 0.3) is 0 Å². The molecule has 1 atom stereocenters. The average molecular weight is 223 g/mol. The van der Waals surface area contributed by atoms with Gasteiger partial charge < -0.3 is 0 Å². The molecule has 0 aromatic carbocycles. The fourth-order valence-electron chi connectivity index (χ4n) is 2.50. The number of nitrogens with zero attached hydrogens (tertiary/aromatic N) is 1. The van der Waals surface area contributed by atoms with Crippen molar-refractivity contribution in [2.24, 2.45) is 17.3 Å². The van der Waals surface area contributed by atoms with Crippen molar-refractivity contribution in [3.8, 4) is 0 Å². The molecule has 0 radical (unpaired) electrons. The van der Waals surface area contributed by atoms with E-state index >= 15 is 0 Å². The first-order chi connectivity index (χ1) is 7.29. The summed E-state index contributed by atoms with van der Waals surface area (Å²) in [5.74, 6) is 1.48. The first-order valence-corrected chi connectivity index (χ1v) is 6.70. The minimum Gasteiger partial charge on any atom is -0.298 e. The normalized spacial score (nSPS) is 21.0. The second-order valence-electron chi connectivity index (χ2n) is 6.45. The third-order valence-electron chi connectivity index (χ3n) is 4.51. The Morgan fingerprint density at radius 2 is 1.75 bits per heavy atom. The van der Waals surface area contributed by atoms with Gasteiger partial charge in [0.1, 0.15) is 0 Å². The van der Waals surface area contributed by atoms with Crippen LogP contribution < -0.4 is 0 Å². The average Bonchev–Trinajstić information content (AvgIpc) is 2.59. The van der Waals surface area contributed by atoms with Gasteiger partial charge in [0.2, 0.25) is 0 Å². The predicted molar refractivity (Wildman–Crippen MR) is 72.6 cm³/mol. The Bertz CT molecular complexity index is 273. The molecule has 94 valence electrons. The Morgan fingerprint density at radius 3 is 2.19 bits per heavy atom. The molecular weight excluding hydrogens is 194 g/mol. The molecule has 0 N–H and O–H groups in total. The highest BCUT2D eigenvalue weighted by Crippen LogP contribution is 2.39. The van der Waals surface area contributed by atoms with Gasteiger partial charge in [-0.15, -0.1) is 0 Å². The molecule has 0 bridgehead atoms. The van der Waals surface area contributed by atoms with Gasteiger partial charge >= 0.3 is 0 Å². The van der Waals surface area contributed by atoms with Crippen LogP contribution in [-0.2, 0) is 0 Å². The molecule has 0 aliphatic carbocycles. The Hall–Kier alpha value is -0.300. The fourth-order valence-corrected chi connectivity index (χ4v) is 2.50. The second kappa shape index (κ2) is 4.91. The molecule has 0 saturated carbocycles. The lowest BCUT2D eigenvalue weighted by molar-refractivity contribution is 0.368. The molecule has 1 unspecified atom stereocenters. The Labute approximate surface area is 102 Å². The van der Waals surface area contributed by atoms with Crippen LogP contribution in [0.4, 0.5) is 0 Å². The van der Waals surface area contributed by atoms with E-state index in [9.17, 15) is 0 Å². The van der Waals surface area contributed by atoms with Gasteiger partial charge in [-0.3, -0.25) is 4.90 Å². The van der Waals surface area contributed by atoms with E-state index in [4.69, 9.17) is 0 Å². The van der Waals surface area contributed by atoms with Crippen molar-refractivity contribution in [2.45, 2.75) is 48.0 Å². The molecule has 0 fully saturated rings. The van der Waals surface area contributed by atoms with Crippen molar-refractivity contribution < 1.29 is 0 Å². The topological polar surface area (TPSA) is 3.24 Å². The molecule has 16 heavy (non-hydrogen) atoms. The summed E-state index contributed by atoms with van der Waals surface area (Å²) in [6, 6.07) is 0. The van der Waals surface area contributed by atoms with E-state index in [-0.39, 0.29) is 0 Å². The van der Waals surface area contributed by atoms with E-state index in [1.165, 1.54) is 19.5 Å². The highest BCUT2D eigenvalue weighted by molar-refractivity contribution is 5.30. The Kier molecular flexibility index (Phi) is 4.23. The maximum Gasteiger partial charge on any atom is 0.0201 e. The summed E-state index contributed by atoms with van der Waals surface area (Å²) in [4.78, 5) is 2.46. The SMILES string of the molecule is CCC(C)(C)C1=C(C(C)C(C)C)CN(C)C1. The quantitative estimate of drug-likeness (QED) is 0.652. The van der Waals surface area contributed by atoms with Crippen LogP contribution >= 0.6 is 0 Å². The first kappa shape index (κ1) is 13.8. The number of hydrogen-bond acceptors (Lipinski definition) is 1. The van der Waals surface area contributed by atoms with E-state index in [1.54, 1.807) is 11.1 Å². The zero-order valence-electron chi connectivity index (χ0n) is 12.2. The molecule has 0 aromatic heterocycles. The van der Waals surface area contributed by atoms with Crippen LogP contribution in [0, 0.1) is 17.3 Å². The van der Waals surface area contributed by atoms with Gasteiger partial charge in [-0.05, 0) is 36.3 Å². The maximum atomic E-state index is 2.46. The summed E-state index contributed by atoms with van der Waals surface area (Å²) in [6.07, 6.45) is 1.24. The molecule has 1 heterocycles. The number of hydrogen-bond donors (Lipinski definition) is 0. The van der Waals surface area contributed by atoms with Gasteiger partial charge in [-0.25, -0.2) is 0 Å². The van der Waals surface area contributed by atoms with Gasteiger partial charge in [0.25, 0.3) is 0 Å². The molecule has 1 aliphatic rings. The molecule has 1 heteroatoms. The Morgan fingerprint density at radius 1 is 1.19 bits per heavy atom. The third kappa shape index (κ3) is 2.68. The summed E-state index contributed by atoms with van der Waals surface area (Å²) in [5.41, 5.74) is 3.80. The van der Waals surface area contributed by atoms with Crippen molar-refractivity contribution in [1.29, 1.82) is 0 Å². The van der Waals surface area contributed by atoms with E-state index in [1.807, 2.05) is 0 Å². The van der Waals surface area contributed by atoms with Crippen molar-refractivity contribution in [3.05, 3.63) is 11.1 Å². The molecule has 0 amide bonds. The Balaban J connectivity index is 3.03. The lowest BCUT2D eigenvalue weighted by Gasteiger charge is -2.29.